The molecule has 4 nitrogen and oxygen atoms in total. The summed E-state index contributed by atoms with van der Waals surface area (Å²) in [4.78, 5) is 10.2. The van der Waals surface area contributed by atoms with E-state index in [2.05, 4.69) is 5.32 Å². The largest absolute Gasteiger partial charge is 0.383 e. The van der Waals surface area contributed by atoms with Gasteiger partial charge in [0.25, 0.3) is 5.70 Å². The van der Waals surface area contributed by atoms with Crippen molar-refractivity contribution in [3.8, 4) is 0 Å². The molecule has 0 radical (unpaired) electrons. The van der Waals surface area contributed by atoms with Crippen molar-refractivity contribution >= 4 is 0 Å². The first kappa shape index (κ1) is 9.51. The van der Waals surface area contributed by atoms with Crippen LogP contribution in [0.3, 0.4) is 0 Å². The molecule has 0 heterocycles. The molecule has 1 N–H and O–H groups in total. The highest BCUT2D eigenvalue weighted by molar-refractivity contribution is 5.33. The van der Waals surface area contributed by atoms with Gasteiger partial charge in [0.05, 0.1) is 4.92 Å². The Balaban J connectivity index is 3.15. The zero-order valence-electron chi connectivity index (χ0n) is 7.70. The Bertz CT molecular complexity index is 314. The summed E-state index contributed by atoms with van der Waals surface area (Å²) in [5, 5.41) is 13.4. The smallest absolute Gasteiger partial charge is 0.291 e. The molecule has 0 saturated carbocycles. The molecule has 0 aliphatic heterocycles. The first-order valence-electron chi connectivity index (χ1n) is 4.05. The second-order valence-corrected chi connectivity index (χ2v) is 2.90. The molecule has 0 amide bonds. The van der Waals surface area contributed by atoms with Crippen LogP contribution in [0.4, 0.5) is 0 Å². The summed E-state index contributed by atoms with van der Waals surface area (Å²) in [5.74, 6) is 0. The Kier molecular flexibility index (Phi) is 2.84. The monoisotopic (exact) mass is 180 g/mol. The van der Waals surface area contributed by atoms with Gasteiger partial charge in [-0.3, -0.25) is 10.1 Å². The van der Waals surface area contributed by atoms with Crippen molar-refractivity contribution in [2.24, 2.45) is 0 Å². The van der Waals surface area contributed by atoms with Crippen LogP contribution in [0.25, 0.3) is 0 Å². The van der Waals surface area contributed by atoms with Gasteiger partial charge in [-0.15, -0.1) is 0 Å². The minimum absolute atomic E-state index is 0.124. The summed E-state index contributed by atoms with van der Waals surface area (Å²) in [7, 11) is 1.68. The fourth-order valence-electron chi connectivity index (χ4n) is 1.18. The molecule has 1 rings (SSSR count). The molecule has 0 bridgehead atoms. The lowest BCUT2D eigenvalue weighted by Gasteiger charge is -2.00. The molecule has 4 heteroatoms. The Morgan fingerprint density at radius 3 is 2.85 bits per heavy atom. The standard InChI is InChI=1S/C9H12N2O2/c1-7-4-3-5-9(11(12)13)8(6-7)10-2/h3,5-6,10H,4H2,1-2H3. The van der Waals surface area contributed by atoms with E-state index in [1.165, 1.54) is 0 Å². The number of allylic oxidation sites excluding steroid dienone is 4. The van der Waals surface area contributed by atoms with Crippen LogP contribution in [-0.2, 0) is 0 Å². The summed E-state index contributed by atoms with van der Waals surface area (Å²) in [6.45, 7) is 1.95. The van der Waals surface area contributed by atoms with E-state index in [1.807, 2.05) is 6.92 Å². The molecule has 0 spiro atoms. The van der Waals surface area contributed by atoms with Crippen LogP contribution in [0.2, 0.25) is 0 Å². The van der Waals surface area contributed by atoms with Crippen molar-refractivity contribution in [1.82, 2.24) is 5.32 Å². The number of hydrogen-bond acceptors (Lipinski definition) is 3. The number of hydrogen-bond donors (Lipinski definition) is 1. The fourth-order valence-corrected chi connectivity index (χ4v) is 1.18. The van der Waals surface area contributed by atoms with Crippen molar-refractivity contribution < 1.29 is 4.92 Å². The highest BCUT2D eigenvalue weighted by Crippen LogP contribution is 2.15. The maximum absolute atomic E-state index is 10.6. The van der Waals surface area contributed by atoms with Gasteiger partial charge in [-0.1, -0.05) is 11.6 Å². The Hall–Kier alpha value is -1.58. The molecule has 1 aliphatic rings. The number of nitrogens with one attached hydrogen (secondary N) is 1. The van der Waals surface area contributed by atoms with E-state index in [0.29, 0.717) is 5.70 Å². The van der Waals surface area contributed by atoms with E-state index in [4.69, 9.17) is 0 Å². The minimum Gasteiger partial charge on any atom is -0.383 e. The van der Waals surface area contributed by atoms with Crippen molar-refractivity contribution in [1.29, 1.82) is 0 Å². The van der Waals surface area contributed by atoms with Crippen LogP contribution >= 0.6 is 0 Å². The quantitative estimate of drug-likeness (QED) is 0.518. The second kappa shape index (κ2) is 3.89. The Labute approximate surface area is 76.8 Å². The highest BCUT2D eigenvalue weighted by Gasteiger charge is 2.14. The van der Waals surface area contributed by atoms with Gasteiger partial charge in [-0.25, -0.2) is 0 Å². The third-order valence-corrected chi connectivity index (χ3v) is 1.85. The molecule has 0 aromatic rings. The van der Waals surface area contributed by atoms with E-state index >= 15 is 0 Å². The van der Waals surface area contributed by atoms with Crippen LogP contribution in [0.15, 0.2) is 35.2 Å². The lowest BCUT2D eigenvalue weighted by atomic mass is 10.2. The molecule has 1 aliphatic carbocycles. The summed E-state index contributed by atoms with van der Waals surface area (Å²) < 4.78 is 0. The third kappa shape index (κ3) is 2.18. The maximum atomic E-state index is 10.6. The number of rotatable bonds is 2. The lowest BCUT2D eigenvalue weighted by molar-refractivity contribution is -0.420. The molecule has 0 aromatic carbocycles. The van der Waals surface area contributed by atoms with Crippen LogP contribution < -0.4 is 5.32 Å². The SMILES string of the molecule is CNC1=C([N+](=O)[O-])C=CCC(C)=C1. The van der Waals surface area contributed by atoms with E-state index in [1.54, 1.807) is 25.3 Å². The first-order chi connectivity index (χ1) is 6.15. The van der Waals surface area contributed by atoms with E-state index < -0.39 is 0 Å². The van der Waals surface area contributed by atoms with Crippen molar-refractivity contribution in [3.05, 3.63) is 45.3 Å². The van der Waals surface area contributed by atoms with Crippen molar-refractivity contribution in [2.45, 2.75) is 13.3 Å². The average Bonchev–Trinajstić information content (AvgIpc) is 2.26. The third-order valence-electron chi connectivity index (χ3n) is 1.85. The topological polar surface area (TPSA) is 55.2 Å². The van der Waals surface area contributed by atoms with Crippen LogP contribution in [0.5, 0.6) is 0 Å². The second-order valence-electron chi connectivity index (χ2n) is 2.90. The zero-order chi connectivity index (χ0) is 9.84. The molecule has 0 aromatic heterocycles. The molecule has 0 saturated heterocycles. The average molecular weight is 180 g/mol. The normalized spacial score (nSPS) is 16.6. The summed E-state index contributed by atoms with van der Waals surface area (Å²) >= 11 is 0. The lowest BCUT2D eigenvalue weighted by Crippen LogP contribution is -2.10. The Morgan fingerprint density at radius 1 is 1.62 bits per heavy atom. The zero-order valence-corrected chi connectivity index (χ0v) is 7.70. The van der Waals surface area contributed by atoms with Crippen LogP contribution in [0, 0.1) is 10.1 Å². The van der Waals surface area contributed by atoms with Gasteiger partial charge in [-0.2, -0.15) is 0 Å². The van der Waals surface area contributed by atoms with Gasteiger partial charge in [0.1, 0.15) is 5.70 Å². The molecule has 0 fully saturated rings. The fraction of sp³-hybridized carbons (Fsp3) is 0.333. The summed E-state index contributed by atoms with van der Waals surface area (Å²) in [6, 6.07) is 0. The molecule has 0 atom stereocenters. The summed E-state index contributed by atoms with van der Waals surface area (Å²) in [6.07, 6.45) is 5.91. The highest BCUT2D eigenvalue weighted by atomic mass is 16.6. The Morgan fingerprint density at radius 2 is 2.31 bits per heavy atom. The first-order valence-corrected chi connectivity index (χ1v) is 4.05. The van der Waals surface area contributed by atoms with Gasteiger partial charge in [0.15, 0.2) is 0 Å². The predicted octanol–water partition coefficient (Wildman–Crippen LogP) is 1.60. The van der Waals surface area contributed by atoms with Crippen LogP contribution in [-0.4, -0.2) is 12.0 Å². The number of nitro groups is 1. The van der Waals surface area contributed by atoms with Crippen molar-refractivity contribution in [3.63, 3.8) is 0 Å². The van der Waals surface area contributed by atoms with Crippen LogP contribution in [0.1, 0.15) is 13.3 Å². The van der Waals surface area contributed by atoms with E-state index in [9.17, 15) is 10.1 Å². The molecule has 0 unspecified atom stereocenters. The number of nitrogens with zero attached hydrogens (tertiary/aromatic N) is 1. The van der Waals surface area contributed by atoms with Gasteiger partial charge in [-0.05, 0) is 19.4 Å². The molecule has 70 valence electrons. The van der Waals surface area contributed by atoms with E-state index in [-0.39, 0.29) is 10.6 Å². The van der Waals surface area contributed by atoms with Gasteiger partial charge in [0, 0.05) is 13.1 Å². The minimum atomic E-state index is -0.378. The van der Waals surface area contributed by atoms with Crippen molar-refractivity contribution in [2.75, 3.05) is 7.05 Å². The molecule has 13 heavy (non-hydrogen) atoms. The summed E-state index contributed by atoms with van der Waals surface area (Å²) in [5.41, 5.74) is 1.80. The molecular weight excluding hydrogens is 168 g/mol. The maximum Gasteiger partial charge on any atom is 0.291 e. The van der Waals surface area contributed by atoms with E-state index in [0.717, 1.165) is 12.0 Å². The molecular formula is C9H12N2O2. The van der Waals surface area contributed by atoms with Gasteiger partial charge in [0.2, 0.25) is 0 Å². The number of likely N-dealkylation sites (N-methyl/N-ethyl adjacent to an activating group) is 1. The van der Waals surface area contributed by atoms with Gasteiger partial charge < -0.3 is 5.32 Å². The predicted molar refractivity (Wildman–Crippen MR) is 50.6 cm³/mol. The van der Waals surface area contributed by atoms with Gasteiger partial charge >= 0.3 is 0 Å².